The minimum Gasteiger partial charge on any atom is -0.359 e. The second-order valence-electron chi connectivity index (χ2n) is 3.19. The molecule has 4 nitrogen and oxygen atoms in total. The molecule has 2 aromatic rings. The van der Waals surface area contributed by atoms with Crippen LogP contribution in [0.25, 0.3) is 10.9 Å². The molecule has 1 aromatic carbocycles. The third-order valence-corrected chi connectivity index (χ3v) is 2.08. The maximum atomic E-state index is 10.5. The lowest BCUT2D eigenvalue weighted by molar-refractivity contribution is -0.112. The topological polar surface area (TPSA) is 71.8 Å². The number of carbonyl (C=O) groups is 1. The molecule has 0 saturated heterocycles. The molecule has 0 atom stereocenters. The summed E-state index contributed by atoms with van der Waals surface area (Å²) in [5.41, 5.74) is 7.50. The highest BCUT2D eigenvalue weighted by Gasteiger charge is 2.00. The first kappa shape index (κ1) is 9.28. The van der Waals surface area contributed by atoms with Gasteiger partial charge in [0.05, 0.1) is 5.52 Å². The Balaban J connectivity index is 2.49. The zero-order valence-electron chi connectivity index (χ0n) is 8.16. The maximum Gasteiger partial charge on any atom is 0.293 e. The smallest absolute Gasteiger partial charge is 0.293 e. The van der Waals surface area contributed by atoms with E-state index in [4.69, 9.17) is 5.73 Å². The number of aryl methyl sites for hydroxylation is 1. The van der Waals surface area contributed by atoms with E-state index in [9.17, 15) is 4.79 Å². The van der Waals surface area contributed by atoms with Crippen LogP contribution >= 0.6 is 0 Å². The third kappa shape index (κ3) is 1.81. The van der Waals surface area contributed by atoms with Crippen LogP contribution in [0.1, 0.15) is 11.3 Å². The second kappa shape index (κ2) is 3.46. The molecule has 0 spiro atoms. The number of hydrogen-bond acceptors (Lipinski definition) is 2. The first-order valence-electron chi connectivity index (χ1n) is 4.43. The first-order valence-corrected chi connectivity index (χ1v) is 4.43. The number of carbonyl (C=O) groups excluding carboxylic acids is 1. The van der Waals surface area contributed by atoms with Gasteiger partial charge in [-0.15, -0.1) is 0 Å². The van der Waals surface area contributed by atoms with Gasteiger partial charge in [-0.2, -0.15) is 5.10 Å². The highest BCUT2D eigenvalue weighted by Crippen LogP contribution is 2.15. The van der Waals surface area contributed by atoms with Gasteiger partial charge in [-0.05, 0) is 31.0 Å². The van der Waals surface area contributed by atoms with Crippen LogP contribution in [-0.4, -0.2) is 16.1 Å². The highest BCUT2D eigenvalue weighted by molar-refractivity contribution is 5.93. The van der Waals surface area contributed by atoms with E-state index in [-0.39, 0.29) is 0 Å². The molecule has 74 valence electrons. The Kier molecular flexibility index (Phi) is 2.14. The molecule has 3 N–H and O–H groups in total. The normalized spacial score (nSPS) is 9.67. The number of nitrogens with one attached hydrogen (secondary N) is 1. The number of nitrogens with zero attached hydrogens (tertiary/aromatic N) is 1. The highest BCUT2D eigenvalue weighted by atomic mass is 16.1. The van der Waals surface area contributed by atoms with E-state index in [1.165, 1.54) is 0 Å². The molecule has 4 heteroatoms. The van der Waals surface area contributed by atoms with Crippen LogP contribution in [0.4, 0.5) is 0 Å². The fourth-order valence-electron chi connectivity index (χ4n) is 1.36. The summed E-state index contributed by atoms with van der Waals surface area (Å²) in [5, 5.41) is 8.03. The molecule has 2 rings (SSSR count). The lowest BCUT2D eigenvalue weighted by atomic mass is 10.1. The summed E-state index contributed by atoms with van der Waals surface area (Å²) < 4.78 is 0. The van der Waals surface area contributed by atoms with Gasteiger partial charge in [-0.25, -0.2) is 0 Å². The van der Waals surface area contributed by atoms with Crippen molar-refractivity contribution in [3.63, 3.8) is 0 Å². The van der Waals surface area contributed by atoms with Gasteiger partial charge in [0.2, 0.25) is 0 Å². The van der Waals surface area contributed by atoms with Crippen molar-refractivity contribution >= 4 is 16.8 Å². The molecule has 0 aliphatic carbocycles. The largest absolute Gasteiger partial charge is 0.359 e. The molecule has 0 saturated carbocycles. The van der Waals surface area contributed by atoms with Gasteiger partial charge < -0.3 is 5.73 Å². The van der Waals surface area contributed by atoms with E-state index < -0.39 is 5.91 Å². The summed E-state index contributed by atoms with van der Waals surface area (Å²) >= 11 is 0. The molecular weight excluding hydrogens is 190 g/mol. The quantitative estimate of drug-likeness (QED) is 0.613. The molecular formula is C11H9N3O. The van der Waals surface area contributed by atoms with E-state index >= 15 is 0 Å². The zero-order valence-corrected chi connectivity index (χ0v) is 8.16. The summed E-state index contributed by atoms with van der Waals surface area (Å²) in [6, 6.07) is 5.56. The van der Waals surface area contributed by atoms with Crippen molar-refractivity contribution in [3.8, 4) is 11.8 Å². The number of hydrogen-bond donors (Lipinski definition) is 2. The molecule has 0 aliphatic rings. The summed E-state index contributed by atoms with van der Waals surface area (Å²) in [7, 11) is 0. The van der Waals surface area contributed by atoms with Gasteiger partial charge in [0.1, 0.15) is 0 Å². The van der Waals surface area contributed by atoms with Gasteiger partial charge in [-0.1, -0.05) is 5.92 Å². The molecule has 0 radical (unpaired) electrons. The minimum absolute atomic E-state index is 0.631. The van der Waals surface area contributed by atoms with Gasteiger partial charge in [0.25, 0.3) is 5.91 Å². The molecule has 1 aromatic heterocycles. The van der Waals surface area contributed by atoms with Crippen molar-refractivity contribution in [2.45, 2.75) is 6.92 Å². The SMILES string of the molecule is Cc1[nH]nc2cc(C#CC(N)=O)ccc12. The van der Waals surface area contributed by atoms with Gasteiger partial charge >= 0.3 is 0 Å². The summed E-state index contributed by atoms with van der Waals surface area (Å²) in [6.07, 6.45) is 0. The molecule has 0 bridgehead atoms. The Hall–Kier alpha value is -2.28. The van der Waals surface area contributed by atoms with Crippen molar-refractivity contribution < 1.29 is 4.79 Å². The number of primary amides is 1. The van der Waals surface area contributed by atoms with Gasteiger partial charge in [0, 0.05) is 16.6 Å². The third-order valence-electron chi connectivity index (χ3n) is 2.08. The first-order chi connectivity index (χ1) is 7.16. The van der Waals surface area contributed by atoms with Crippen LogP contribution in [0.5, 0.6) is 0 Å². The number of nitrogens with two attached hydrogens (primary N) is 1. The number of amides is 1. The van der Waals surface area contributed by atoms with E-state index in [0.717, 1.165) is 22.2 Å². The molecule has 1 amide bonds. The average molecular weight is 199 g/mol. The minimum atomic E-state index is -0.631. The van der Waals surface area contributed by atoms with E-state index in [1.807, 2.05) is 25.1 Å². The van der Waals surface area contributed by atoms with Crippen LogP contribution in [0.15, 0.2) is 18.2 Å². The fraction of sp³-hybridized carbons (Fsp3) is 0.0909. The van der Waals surface area contributed by atoms with Crippen LogP contribution in [0.2, 0.25) is 0 Å². The number of benzene rings is 1. The van der Waals surface area contributed by atoms with Crippen LogP contribution in [-0.2, 0) is 4.79 Å². The Morgan fingerprint density at radius 2 is 2.33 bits per heavy atom. The number of rotatable bonds is 0. The molecule has 0 aliphatic heterocycles. The average Bonchev–Trinajstić information content (AvgIpc) is 2.57. The van der Waals surface area contributed by atoms with Crippen molar-refractivity contribution in [2.75, 3.05) is 0 Å². The predicted octanol–water partition coefficient (Wildman–Crippen LogP) is 0.708. The standard InChI is InChI=1S/C11H9N3O/c1-7-9-4-2-8(3-5-11(12)15)6-10(9)14-13-7/h2,4,6H,1H3,(H2,12,15)(H,13,14). The molecule has 15 heavy (non-hydrogen) atoms. The summed E-state index contributed by atoms with van der Waals surface area (Å²) in [4.78, 5) is 10.5. The maximum absolute atomic E-state index is 10.5. The van der Waals surface area contributed by atoms with Crippen molar-refractivity contribution in [3.05, 3.63) is 29.5 Å². The van der Waals surface area contributed by atoms with Crippen LogP contribution < -0.4 is 5.73 Å². The summed E-state index contributed by atoms with van der Waals surface area (Å²) in [5.74, 6) is 4.32. The Bertz CT molecular complexity index is 587. The van der Waals surface area contributed by atoms with Crippen molar-refractivity contribution in [2.24, 2.45) is 5.73 Å². The van der Waals surface area contributed by atoms with Crippen molar-refractivity contribution in [1.29, 1.82) is 0 Å². The molecule has 1 heterocycles. The zero-order chi connectivity index (χ0) is 10.8. The van der Waals surface area contributed by atoms with Crippen LogP contribution in [0.3, 0.4) is 0 Å². The number of aromatic nitrogens is 2. The van der Waals surface area contributed by atoms with E-state index in [1.54, 1.807) is 0 Å². The summed E-state index contributed by atoms with van der Waals surface area (Å²) in [6.45, 7) is 1.95. The van der Waals surface area contributed by atoms with E-state index in [0.29, 0.717) is 0 Å². The Morgan fingerprint density at radius 1 is 1.53 bits per heavy atom. The van der Waals surface area contributed by atoms with E-state index in [2.05, 4.69) is 22.0 Å². The number of aromatic amines is 1. The number of fused-ring (bicyclic) bond motifs is 1. The lowest BCUT2D eigenvalue weighted by Crippen LogP contribution is -2.06. The lowest BCUT2D eigenvalue weighted by Gasteiger charge is -1.90. The van der Waals surface area contributed by atoms with Crippen molar-refractivity contribution in [1.82, 2.24) is 10.2 Å². The van der Waals surface area contributed by atoms with Crippen LogP contribution in [0, 0.1) is 18.8 Å². The van der Waals surface area contributed by atoms with Gasteiger partial charge in [-0.3, -0.25) is 9.89 Å². The Morgan fingerprint density at radius 3 is 3.07 bits per heavy atom. The molecule has 0 fully saturated rings. The number of H-pyrrole nitrogens is 1. The Labute approximate surface area is 86.5 Å². The monoisotopic (exact) mass is 199 g/mol. The predicted molar refractivity (Wildman–Crippen MR) is 56.9 cm³/mol. The molecule has 0 unspecified atom stereocenters. The fourth-order valence-corrected chi connectivity index (χ4v) is 1.36. The second-order valence-corrected chi connectivity index (χ2v) is 3.19. The van der Waals surface area contributed by atoms with Gasteiger partial charge in [0.15, 0.2) is 0 Å².